The lowest BCUT2D eigenvalue weighted by molar-refractivity contribution is 0.391. The summed E-state index contributed by atoms with van der Waals surface area (Å²) < 4.78 is 27.4. The number of aryl methyl sites for hydroxylation is 2. The van der Waals surface area contributed by atoms with E-state index in [-0.39, 0.29) is 0 Å². The van der Waals surface area contributed by atoms with Gasteiger partial charge in [-0.2, -0.15) is 4.31 Å². The second-order valence-electron chi connectivity index (χ2n) is 5.63. The molecule has 1 aliphatic heterocycles. The molecule has 3 nitrogen and oxygen atoms in total. The molecule has 0 aliphatic carbocycles. The summed E-state index contributed by atoms with van der Waals surface area (Å²) >= 11 is 0. The molecule has 0 N–H and O–H groups in total. The summed E-state index contributed by atoms with van der Waals surface area (Å²) in [5.74, 6) is 0. The Bertz CT molecular complexity index is 781. The molecule has 0 amide bonds. The van der Waals surface area contributed by atoms with Gasteiger partial charge in [-0.05, 0) is 48.6 Å². The van der Waals surface area contributed by atoms with Crippen LogP contribution < -0.4 is 0 Å². The Hall–Kier alpha value is -1.65. The van der Waals surface area contributed by atoms with E-state index in [9.17, 15) is 8.42 Å². The molecule has 0 bridgehead atoms. The summed E-state index contributed by atoms with van der Waals surface area (Å²) in [6.45, 7) is 4.78. The van der Waals surface area contributed by atoms with Crippen LogP contribution in [0.1, 0.15) is 22.3 Å². The molecule has 0 saturated carbocycles. The molecule has 110 valence electrons. The molecule has 1 heterocycles. The van der Waals surface area contributed by atoms with Crippen molar-refractivity contribution in [2.45, 2.75) is 31.7 Å². The summed E-state index contributed by atoms with van der Waals surface area (Å²) in [6, 6.07) is 13.7. The fraction of sp³-hybridized carbons (Fsp3) is 0.294. The van der Waals surface area contributed by atoms with Crippen LogP contribution >= 0.6 is 0 Å². The average molecular weight is 301 g/mol. The maximum Gasteiger partial charge on any atom is 0.243 e. The highest BCUT2D eigenvalue weighted by Gasteiger charge is 2.29. The minimum absolute atomic E-state index is 0.432. The van der Waals surface area contributed by atoms with Crippen molar-refractivity contribution in [3.63, 3.8) is 0 Å². The summed E-state index contributed by atoms with van der Waals surface area (Å²) in [4.78, 5) is 0.432. The zero-order chi connectivity index (χ0) is 15.0. The SMILES string of the molecule is Cc1ccc(C)c(S(=O)(=O)N2CCc3ccccc3C2)c1. The van der Waals surface area contributed by atoms with E-state index in [0.29, 0.717) is 18.0 Å². The smallest absolute Gasteiger partial charge is 0.207 e. The van der Waals surface area contributed by atoms with Gasteiger partial charge in [0.15, 0.2) is 0 Å². The van der Waals surface area contributed by atoms with Crippen molar-refractivity contribution in [3.05, 3.63) is 64.7 Å². The molecule has 0 aromatic heterocycles. The summed E-state index contributed by atoms with van der Waals surface area (Å²) in [6.07, 6.45) is 0.778. The molecular weight excluding hydrogens is 282 g/mol. The van der Waals surface area contributed by atoms with Crippen LogP contribution in [0.3, 0.4) is 0 Å². The van der Waals surface area contributed by atoms with Crippen LogP contribution in [0.15, 0.2) is 47.4 Å². The van der Waals surface area contributed by atoms with Crippen LogP contribution in [0.2, 0.25) is 0 Å². The first kappa shape index (κ1) is 14.3. The van der Waals surface area contributed by atoms with Crippen LogP contribution in [-0.2, 0) is 23.0 Å². The maximum absolute atomic E-state index is 12.9. The molecule has 0 spiro atoms. The Kier molecular flexibility index (Phi) is 3.59. The largest absolute Gasteiger partial charge is 0.243 e. The molecule has 1 aliphatic rings. The third kappa shape index (κ3) is 2.61. The number of fused-ring (bicyclic) bond motifs is 1. The summed E-state index contributed by atoms with van der Waals surface area (Å²) in [7, 11) is -3.42. The van der Waals surface area contributed by atoms with Crippen molar-refractivity contribution in [2.75, 3.05) is 6.54 Å². The third-order valence-electron chi connectivity index (χ3n) is 4.06. The third-order valence-corrected chi connectivity index (χ3v) is 6.04. The predicted molar refractivity (Wildman–Crippen MR) is 83.7 cm³/mol. The lowest BCUT2D eigenvalue weighted by Crippen LogP contribution is -2.36. The van der Waals surface area contributed by atoms with E-state index < -0.39 is 10.0 Å². The highest BCUT2D eigenvalue weighted by Crippen LogP contribution is 2.27. The van der Waals surface area contributed by atoms with E-state index in [2.05, 4.69) is 6.07 Å². The van der Waals surface area contributed by atoms with Gasteiger partial charge in [-0.1, -0.05) is 36.4 Å². The number of hydrogen-bond acceptors (Lipinski definition) is 2. The van der Waals surface area contributed by atoms with Crippen LogP contribution in [0.5, 0.6) is 0 Å². The monoisotopic (exact) mass is 301 g/mol. The fourth-order valence-corrected chi connectivity index (χ4v) is 4.53. The Labute approximate surface area is 126 Å². The molecule has 0 radical (unpaired) electrons. The molecule has 0 atom stereocenters. The van der Waals surface area contributed by atoms with Gasteiger partial charge in [-0.3, -0.25) is 0 Å². The normalized spacial score (nSPS) is 15.7. The first-order valence-corrected chi connectivity index (χ1v) is 8.57. The standard InChI is InChI=1S/C17H19NO2S/c1-13-7-8-14(2)17(11-13)21(19,20)18-10-9-15-5-3-4-6-16(15)12-18/h3-8,11H,9-10,12H2,1-2H3. The van der Waals surface area contributed by atoms with Gasteiger partial charge in [-0.15, -0.1) is 0 Å². The predicted octanol–water partition coefficient (Wildman–Crippen LogP) is 3.05. The van der Waals surface area contributed by atoms with E-state index in [0.717, 1.165) is 23.1 Å². The van der Waals surface area contributed by atoms with Gasteiger partial charge in [0.05, 0.1) is 4.90 Å². The van der Waals surface area contributed by atoms with Gasteiger partial charge in [0.1, 0.15) is 0 Å². The molecular formula is C17H19NO2S. The Balaban J connectivity index is 1.99. The molecule has 4 heteroatoms. The Morgan fingerprint density at radius 1 is 1.00 bits per heavy atom. The summed E-state index contributed by atoms with van der Waals surface area (Å²) in [5, 5.41) is 0. The van der Waals surface area contributed by atoms with E-state index in [1.807, 2.05) is 44.2 Å². The lowest BCUT2D eigenvalue weighted by atomic mass is 10.0. The maximum atomic E-state index is 12.9. The molecule has 0 saturated heterocycles. The Morgan fingerprint density at radius 2 is 1.71 bits per heavy atom. The van der Waals surface area contributed by atoms with Crippen LogP contribution in [0.4, 0.5) is 0 Å². The highest BCUT2D eigenvalue weighted by molar-refractivity contribution is 7.89. The quantitative estimate of drug-likeness (QED) is 0.855. The molecule has 0 fully saturated rings. The van der Waals surface area contributed by atoms with Gasteiger partial charge in [0.25, 0.3) is 0 Å². The highest BCUT2D eigenvalue weighted by atomic mass is 32.2. The number of benzene rings is 2. The average Bonchev–Trinajstić information content (AvgIpc) is 2.49. The van der Waals surface area contributed by atoms with Gasteiger partial charge >= 0.3 is 0 Å². The number of sulfonamides is 1. The first-order valence-electron chi connectivity index (χ1n) is 7.12. The minimum Gasteiger partial charge on any atom is -0.207 e. The van der Waals surface area contributed by atoms with Crippen molar-refractivity contribution < 1.29 is 8.42 Å². The van der Waals surface area contributed by atoms with Gasteiger partial charge in [-0.25, -0.2) is 8.42 Å². The molecule has 2 aromatic rings. The zero-order valence-electron chi connectivity index (χ0n) is 12.3. The minimum atomic E-state index is -3.42. The number of hydrogen-bond donors (Lipinski definition) is 0. The van der Waals surface area contributed by atoms with Crippen molar-refractivity contribution in [3.8, 4) is 0 Å². The van der Waals surface area contributed by atoms with Crippen molar-refractivity contribution in [1.29, 1.82) is 0 Å². The van der Waals surface area contributed by atoms with Crippen LogP contribution in [0.25, 0.3) is 0 Å². The lowest BCUT2D eigenvalue weighted by Gasteiger charge is -2.28. The van der Waals surface area contributed by atoms with E-state index in [4.69, 9.17) is 0 Å². The van der Waals surface area contributed by atoms with E-state index >= 15 is 0 Å². The second-order valence-corrected chi connectivity index (χ2v) is 7.53. The van der Waals surface area contributed by atoms with Crippen molar-refractivity contribution >= 4 is 10.0 Å². The molecule has 0 unspecified atom stereocenters. The van der Waals surface area contributed by atoms with Crippen molar-refractivity contribution in [1.82, 2.24) is 4.31 Å². The van der Waals surface area contributed by atoms with E-state index in [1.165, 1.54) is 5.56 Å². The van der Waals surface area contributed by atoms with Crippen molar-refractivity contribution in [2.24, 2.45) is 0 Å². The van der Waals surface area contributed by atoms with Gasteiger partial charge in [0.2, 0.25) is 10.0 Å². The Morgan fingerprint density at radius 3 is 2.48 bits per heavy atom. The molecule has 2 aromatic carbocycles. The van der Waals surface area contributed by atoms with Crippen LogP contribution in [0, 0.1) is 13.8 Å². The van der Waals surface area contributed by atoms with Gasteiger partial charge in [0, 0.05) is 13.1 Å². The summed E-state index contributed by atoms with van der Waals surface area (Å²) in [5.41, 5.74) is 4.14. The zero-order valence-corrected chi connectivity index (χ0v) is 13.2. The van der Waals surface area contributed by atoms with Crippen LogP contribution in [-0.4, -0.2) is 19.3 Å². The van der Waals surface area contributed by atoms with E-state index in [1.54, 1.807) is 10.4 Å². The second kappa shape index (κ2) is 5.28. The number of rotatable bonds is 2. The molecule has 21 heavy (non-hydrogen) atoms. The first-order chi connectivity index (χ1) is 9.98. The topological polar surface area (TPSA) is 37.4 Å². The van der Waals surface area contributed by atoms with Gasteiger partial charge < -0.3 is 0 Å². The molecule has 3 rings (SSSR count). The fourth-order valence-electron chi connectivity index (χ4n) is 2.80. The number of nitrogens with zero attached hydrogens (tertiary/aromatic N) is 1.